The van der Waals surface area contributed by atoms with Crippen molar-refractivity contribution in [2.75, 3.05) is 21.3 Å². The number of carbonyl (C=O) groups is 1. The number of carbonyl (C=O) groups excluding carboxylic acids is 1. The fraction of sp³-hybridized carbons (Fsp3) is 0.435. The molecule has 1 N–H and O–H groups in total. The van der Waals surface area contributed by atoms with Gasteiger partial charge in [0.1, 0.15) is 0 Å². The van der Waals surface area contributed by atoms with E-state index in [-0.39, 0.29) is 5.91 Å². The van der Waals surface area contributed by atoms with Crippen molar-refractivity contribution in [3.63, 3.8) is 0 Å². The molecule has 0 aliphatic rings. The zero-order valence-electron chi connectivity index (χ0n) is 17.8. The van der Waals surface area contributed by atoms with Crippen LogP contribution in [0.2, 0.25) is 5.02 Å². The lowest BCUT2D eigenvalue weighted by Crippen LogP contribution is -2.45. The molecule has 0 radical (unpaired) electrons. The largest absolute Gasteiger partial charge is 0.493 e. The molecule has 0 saturated heterocycles. The van der Waals surface area contributed by atoms with Crippen LogP contribution in [0, 0.1) is 0 Å². The average molecular weight is 420 g/mol. The number of hydrogen-bond acceptors (Lipinski definition) is 4. The van der Waals surface area contributed by atoms with Gasteiger partial charge in [0.25, 0.3) is 0 Å². The highest BCUT2D eigenvalue weighted by Crippen LogP contribution is 2.40. The number of rotatable bonds is 10. The Morgan fingerprint density at radius 2 is 1.55 bits per heavy atom. The van der Waals surface area contributed by atoms with Crippen molar-refractivity contribution in [2.45, 2.75) is 45.1 Å². The van der Waals surface area contributed by atoms with Gasteiger partial charge in [0.05, 0.1) is 26.9 Å². The molecule has 29 heavy (non-hydrogen) atoms. The summed E-state index contributed by atoms with van der Waals surface area (Å²) in [5.41, 5.74) is 1.54. The third-order valence-corrected chi connectivity index (χ3v) is 5.64. The van der Waals surface area contributed by atoms with E-state index in [4.69, 9.17) is 25.8 Å². The van der Waals surface area contributed by atoms with Gasteiger partial charge in [-0.15, -0.1) is 0 Å². The summed E-state index contributed by atoms with van der Waals surface area (Å²) >= 11 is 6.03. The predicted molar refractivity (Wildman–Crippen MR) is 116 cm³/mol. The number of ether oxygens (including phenoxy) is 3. The molecular formula is C23H30ClNO4. The summed E-state index contributed by atoms with van der Waals surface area (Å²) < 4.78 is 16.3. The fourth-order valence-corrected chi connectivity index (χ4v) is 3.74. The Bertz CT molecular complexity index is 816. The smallest absolute Gasteiger partial charge is 0.221 e. The molecule has 0 fully saturated rings. The van der Waals surface area contributed by atoms with E-state index in [0.717, 1.165) is 24.0 Å². The number of hydrogen-bond donors (Lipinski definition) is 1. The maximum Gasteiger partial charge on any atom is 0.221 e. The van der Waals surface area contributed by atoms with E-state index >= 15 is 0 Å². The van der Waals surface area contributed by atoms with Crippen LogP contribution in [0.25, 0.3) is 0 Å². The normalized spacial score (nSPS) is 11.1. The molecule has 1 amide bonds. The molecular weight excluding hydrogens is 390 g/mol. The Labute approximate surface area is 178 Å². The third-order valence-electron chi connectivity index (χ3n) is 5.39. The van der Waals surface area contributed by atoms with Gasteiger partial charge in [-0.1, -0.05) is 43.6 Å². The first-order chi connectivity index (χ1) is 13.9. The molecule has 0 spiro atoms. The van der Waals surface area contributed by atoms with Crippen LogP contribution in [0.15, 0.2) is 36.4 Å². The Hall–Kier alpha value is -2.40. The van der Waals surface area contributed by atoms with Crippen LogP contribution < -0.4 is 19.5 Å². The molecule has 6 heteroatoms. The summed E-state index contributed by atoms with van der Waals surface area (Å²) in [4.78, 5) is 12.8. The van der Waals surface area contributed by atoms with Crippen LogP contribution in [0.5, 0.6) is 17.2 Å². The molecule has 5 nitrogen and oxygen atoms in total. The summed E-state index contributed by atoms with van der Waals surface area (Å²) in [5.74, 6) is 1.71. The topological polar surface area (TPSA) is 56.8 Å². The van der Waals surface area contributed by atoms with Gasteiger partial charge in [-0.25, -0.2) is 0 Å². The van der Waals surface area contributed by atoms with Gasteiger partial charge in [0, 0.05) is 11.4 Å². The molecule has 2 rings (SSSR count). The van der Waals surface area contributed by atoms with Crippen LogP contribution in [0.3, 0.4) is 0 Å². The Morgan fingerprint density at radius 1 is 0.931 bits per heavy atom. The van der Waals surface area contributed by atoms with E-state index in [0.29, 0.717) is 35.1 Å². The summed E-state index contributed by atoms with van der Waals surface area (Å²) in [6.07, 6.45) is 2.44. The molecule has 158 valence electrons. The minimum absolute atomic E-state index is 0.0134. The predicted octanol–water partition coefficient (Wildman–Crippen LogP) is 5.13. The highest BCUT2D eigenvalue weighted by Gasteiger charge is 2.30. The van der Waals surface area contributed by atoms with Gasteiger partial charge in [-0.05, 0) is 48.6 Å². The molecule has 0 aromatic heterocycles. The van der Waals surface area contributed by atoms with E-state index in [9.17, 15) is 4.79 Å². The standard InChI is InChI=1S/C23H30ClNO4/c1-6-23(7-2,17-10-12-18(24)13-11-17)25-20(26)15-9-16-8-14-19(27-3)22(29-5)21(16)28-4/h8,10-14H,6-7,9,15H2,1-5H3,(H,25,26). The molecule has 0 aliphatic heterocycles. The minimum Gasteiger partial charge on any atom is -0.493 e. The van der Waals surface area contributed by atoms with Crippen LogP contribution in [0.1, 0.15) is 44.2 Å². The van der Waals surface area contributed by atoms with E-state index in [1.165, 1.54) is 0 Å². The number of benzene rings is 2. The van der Waals surface area contributed by atoms with Crippen molar-refractivity contribution in [1.82, 2.24) is 5.32 Å². The summed E-state index contributed by atoms with van der Waals surface area (Å²) in [7, 11) is 4.73. The van der Waals surface area contributed by atoms with Crippen LogP contribution in [-0.2, 0) is 16.8 Å². The number of halogens is 1. The third kappa shape index (κ3) is 5.15. The monoisotopic (exact) mass is 419 g/mol. The molecule has 0 heterocycles. The van der Waals surface area contributed by atoms with Gasteiger partial charge in [-0.3, -0.25) is 4.79 Å². The Balaban J connectivity index is 2.17. The van der Waals surface area contributed by atoms with Crippen molar-refractivity contribution in [3.8, 4) is 17.2 Å². The summed E-state index contributed by atoms with van der Waals surface area (Å²) in [6.45, 7) is 4.16. The molecule has 0 bridgehead atoms. The van der Waals surface area contributed by atoms with E-state index < -0.39 is 5.54 Å². The van der Waals surface area contributed by atoms with Crippen LogP contribution in [-0.4, -0.2) is 27.2 Å². The van der Waals surface area contributed by atoms with E-state index in [2.05, 4.69) is 19.2 Å². The SMILES string of the molecule is CCC(CC)(NC(=O)CCc1ccc(OC)c(OC)c1OC)c1ccc(Cl)cc1. The second-order valence-electron chi connectivity index (χ2n) is 6.84. The quantitative estimate of drug-likeness (QED) is 0.580. The lowest BCUT2D eigenvalue weighted by molar-refractivity contribution is -0.123. The van der Waals surface area contributed by atoms with E-state index in [1.807, 2.05) is 36.4 Å². The van der Waals surface area contributed by atoms with Crippen molar-refractivity contribution in [2.24, 2.45) is 0 Å². The highest BCUT2D eigenvalue weighted by atomic mass is 35.5. The first-order valence-corrected chi connectivity index (χ1v) is 10.2. The Kier molecular flexibility index (Phi) is 8.21. The molecule has 2 aromatic carbocycles. The average Bonchev–Trinajstić information content (AvgIpc) is 2.75. The zero-order chi connectivity index (χ0) is 21.4. The molecule has 0 unspecified atom stereocenters. The Morgan fingerprint density at radius 3 is 2.07 bits per heavy atom. The van der Waals surface area contributed by atoms with Gasteiger partial charge in [-0.2, -0.15) is 0 Å². The highest BCUT2D eigenvalue weighted by molar-refractivity contribution is 6.30. The first-order valence-electron chi connectivity index (χ1n) is 9.79. The summed E-state index contributed by atoms with van der Waals surface area (Å²) in [6, 6.07) is 11.4. The lowest BCUT2D eigenvalue weighted by Gasteiger charge is -2.34. The van der Waals surface area contributed by atoms with Crippen molar-refractivity contribution >= 4 is 17.5 Å². The second-order valence-corrected chi connectivity index (χ2v) is 7.27. The second kappa shape index (κ2) is 10.4. The fourth-order valence-electron chi connectivity index (χ4n) is 3.61. The first kappa shape index (κ1) is 22.9. The van der Waals surface area contributed by atoms with E-state index in [1.54, 1.807) is 21.3 Å². The number of amides is 1. The van der Waals surface area contributed by atoms with Crippen molar-refractivity contribution < 1.29 is 19.0 Å². The number of nitrogens with one attached hydrogen (secondary N) is 1. The van der Waals surface area contributed by atoms with Crippen LogP contribution in [0.4, 0.5) is 0 Å². The maximum atomic E-state index is 12.8. The van der Waals surface area contributed by atoms with Gasteiger partial charge < -0.3 is 19.5 Å². The zero-order valence-corrected chi connectivity index (χ0v) is 18.6. The minimum atomic E-state index is -0.413. The van der Waals surface area contributed by atoms with Crippen LogP contribution >= 0.6 is 11.6 Å². The molecule has 0 atom stereocenters. The molecule has 0 aliphatic carbocycles. The number of methoxy groups -OCH3 is 3. The van der Waals surface area contributed by atoms with Crippen molar-refractivity contribution in [3.05, 3.63) is 52.5 Å². The maximum absolute atomic E-state index is 12.8. The molecule has 0 saturated carbocycles. The van der Waals surface area contributed by atoms with Gasteiger partial charge in [0.15, 0.2) is 11.5 Å². The van der Waals surface area contributed by atoms with Gasteiger partial charge >= 0.3 is 0 Å². The number of aryl methyl sites for hydroxylation is 1. The van der Waals surface area contributed by atoms with Crippen molar-refractivity contribution in [1.29, 1.82) is 0 Å². The van der Waals surface area contributed by atoms with Gasteiger partial charge in [0.2, 0.25) is 11.7 Å². The summed E-state index contributed by atoms with van der Waals surface area (Å²) in [5, 5.41) is 3.93. The molecule has 2 aromatic rings. The lowest BCUT2D eigenvalue weighted by atomic mass is 9.84.